The molecule has 1 saturated heterocycles. The molecule has 0 bridgehead atoms. The summed E-state index contributed by atoms with van der Waals surface area (Å²) in [7, 11) is 0. The highest BCUT2D eigenvalue weighted by molar-refractivity contribution is 6.42. The van der Waals surface area contributed by atoms with Crippen molar-refractivity contribution in [1.82, 2.24) is 14.9 Å². The van der Waals surface area contributed by atoms with E-state index in [0.29, 0.717) is 22.4 Å². The van der Waals surface area contributed by atoms with Crippen molar-refractivity contribution in [3.63, 3.8) is 0 Å². The third-order valence-corrected chi connectivity index (χ3v) is 5.97. The lowest BCUT2D eigenvalue weighted by atomic mass is 9.95. The second-order valence-corrected chi connectivity index (χ2v) is 8.04. The normalized spacial score (nSPS) is 15.4. The minimum absolute atomic E-state index is 0.132. The SMILES string of the molecule is Cc1ccc2nc(C3CCN(C(=O)Cc4ccc(Cl)c(Cl)c4)CC3)[nH]c2c1. The summed E-state index contributed by atoms with van der Waals surface area (Å²) < 4.78 is 0. The first-order chi connectivity index (χ1) is 13.0. The standard InChI is InChI=1S/C21H21Cl2N3O/c1-13-2-5-18-19(10-13)25-21(24-18)15-6-8-26(9-7-15)20(27)12-14-3-4-16(22)17(23)11-14/h2-5,10-11,15H,6-9,12H2,1H3,(H,24,25). The number of nitrogens with one attached hydrogen (secondary N) is 1. The molecule has 6 heteroatoms. The van der Waals surface area contributed by atoms with E-state index >= 15 is 0 Å². The van der Waals surface area contributed by atoms with Crippen molar-refractivity contribution in [1.29, 1.82) is 0 Å². The Morgan fingerprint density at radius 2 is 1.93 bits per heavy atom. The fraction of sp³-hybridized carbons (Fsp3) is 0.333. The Kier molecular flexibility index (Phi) is 5.11. The third kappa shape index (κ3) is 3.97. The molecule has 1 aliphatic rings. The number of carbonyl (C=O) groups excluding carboxylic acids is 1. The van der Waals surface area contributed by atoms with Crippen molar-refractivity contribution >= 4 is 40.1 Å². The first kappa shape index (κ1) is 18.3. The number of carbonyl (C=O) groups is 1. The minimum atomic E-state index is 0.132. The fourth-order valence-corrected chi connectivity index (χ4v) is 4.00. The number of likely N-dealkylation sites (tertiary alicyclic amines) is 1. The van der Waals surface area contributed by atoms with Crippen molar-refractivity contribution in [3.8, 4) is 0 Å². The Morgan fingerprint density at radius 3 is 2.67 bits per heavy atom. The highest BCUT2D eigenvalue weighted by Gasteiger charge is 2.25. The van der Waals surface area contributed by atoms with Gasteiger partial charge >= 0.3 is 0 Å². The van der Waals surface area contributed by atoms with Crippen molar-refractivity contribution in [2.24, 2.45) is 0 Å². The lowest BCUT2D eigenvalue weighted by molar-refractivity contribution is -0.131. The molecule has 1 aliphatic heterocycles. The Hall–Kier alpha value is -2.04. The number of aromatic amines is 1. The number of H-pyrrole nitrogens is 1. The van der Waals surface area contributed by atoms with E-state index < -0.39 is 0 Å². The van der Waals surface area contributed by atoms with Crippen LogP contribution in [0.2, 0.25) is 10.0 Å². The Labute approximate surface area is 168 Å². The predicted molar refractivity (Wildman–Crippen MR) is 110 cm³/mol. The molecule has 0 spiro atoms. The molecule has 0 unspecified atom stereocenters. The Balaban J connectivity index is 1.38. The van der Waals surface area contributed by atoms with Gasteiger partial charge in [-0.2, -0.15) is 0 Å². The zero-order valence-electron chi connectivity index (χ0n) is 15.1. The first-order valence-electron chi connectivity index (χ1n) is 9.17. The van der Waals surface area contributed by atoms with Gasteiger partial charge in [0.2, 0.25) is 5.91 Å². The van der Waals surface area contributed by atoms with Gasteiger partial charge in [-0.15, -0.1) is 0 Å². The van der Waals surface area contributed by atoms with E-state index in [1.807, 2.05) is 11.0 Å². The third-order valence-electron chi connectivity index (χ3n) is 5.23. The zero-order chi connectivity index (χ0) is 19.0. The van der Waals surface area contributed by atoms with Gasteiger partial charge in [-0.05, 0) is 55.2 Å². The molecular weight excluding hydrogens is 381 g/mol. The molecule has 0 atom stereocenters. The highest BCUT2D eigenvalue weighted by atomic mass is 35.5. The molecule has 4 nitrogen and oxygen atoms in total. The topological polar surface area (TPSA) is 49.0 Å². The molecule has 1 fully saturated rings. The summed E-state index contributed by atoms with van der Waals surface area (Å²) in [6.07, 6.45) is 2.20. The number of hydrogen-bond donors (Lipinski definition) is 1. The number of halogens is 2. The summed E-state index contributed by atoms with van der Waals surface area (Å²) in [6, 6.07) is 11.6. The quantitative estimate of drug-likeness (QED) is 0.661. The highest BCUT2D eigenvalue weighted by Crippen LogP contribution is 2.29. The smallest absolute Gasteiger partial charge is 0.226 e. The summed E-state index contributed by atoms with van der Waals surface area (Å²) in [4.78, 5) is 22.8. The number of aromatic nitrogens is 2. The van der Waals surface area contributed by atoms with E-state index in [-0.39, 0.29) is 5.91 Å². The van der Waals surface area contributed by atoms with Gasteiger partial charge in [-0.25, -0.2) is 4.98 Å². The van der Waals surface area contributed by atoms with Crippen LogP contribution in [0.1, 0.15) is 35.7 Å². The fourth-order valence-electron chi connectivity index (χ4n) is 3.67. The zero-order valence-corrected chi connectivity index (χ0v) is 16.6. The number of nitrogens with zero attached hydrogens (tertiary/aromatic N) is 2. The van der Waals surface area contributed by atoms with E-state index in [9.17, 15) is 4.79 Å². The molecule has 27 heavy (non-hydrogen) atoms. The summed E-state index contributed by atoms with van der Waals surface area (Å²) in [6.45, 7) is 3.58. The van der Waals surface area contributed by atoms with Crippen LogP contribution in [0.25, 0.3) is 11.0 Å². The van der Waals surface area contributed by atoms with E-state index in [1.165, 1.54) is 5.56 Å². The van der Waals surface area contributed by atoms with E-state index in [4.69, 9.17) is 28.2 Å². The molecule has 0 aliphatic carbocycles. The molecule has 1 N–H and O–H groups in total. The number of piperidine rings is 1. The largest absolute Gasteiger partial charge is 0.342 e. The maximum Gasteiger partial charge on any atom is 0.226 e. The lowest BCUT2D eigenvalue weighted by Crippen LogP contribution is -2.39. The summed E-state index contributed by atoms with van der Waals surface area (Å²) >= 11 is 12.0. The summed E-state index contributed by atoms with van der Waals surface area (Å²) in [5.41, 5.74) is 4.21. The van der Waals surface area contributed by atoms with Crippen LogP contribution in [-0.4, -0.2) is 33.9 Å². The molecule has 2 heterocycles. The number of amides is 1. The number of fused-ring (bicyclic) bond motifs is 1. The number of imidazole rings is 1. The predicted octanol–water partition coefficient (Wildman–Crippen LogP) is 5.13. The van der Waals surface area contributed by atoms with Crippen LogP contribution in [0.3, 0.4) is 0 Å². The van der Waals surface area contributed by atoms with Crippen molar-refractivity contribution in [3.05, 3.63) is 63.4 Å². The van der Waals surface area contributed by atoms with Crippen molar-refractivity contribution in [2.45, 2.75) is 32.1 Å². The van der Waals surface area contributed by atoms with E-state index in [1.54, 1.807) is 12.1 Å². The monoisotopic (exact) mass is 401 g/mol. The number of hydrogen-bond acceptors (Lipinski definition) is 2. The Bertz CT molecular complexity index is 990. The van der Waals surface area contributed by atoms with Crippen LogP contribution in [0.15, 0.2) is 36.4 Å². The van der Waals surface area contributed by atoms with Gasteiger partial charge < -0.3 is 9.88 Å². The second-order valence-electron chi connectivity index (χ2n) is 7.22. The molecule has 3 aromatic rings. The molecule has 1 amide bonds. The molecule has 0 saturated carbocycles. The van der Waals surface area contributed by atoms with Gasteiger partial charge in [0.15, 0.2) is 0 Å². The molecule has 0 radical (unpaired) electrons. The maximum atomic E-state index is 12.6. The minimum Gasteiger partial charge on any atom is -0.342 e. The molecule has 140 valence electrons. The van der Waals surface area contributed by atoms with Gasteiger partial charge in [-0.3, -0.25) is 4.79 Å². The molecule has 4 rings (SSSR count). The van der Waals surface area contributed by atoms with E-state index in [0.717, 1.165) is 48.4 Å². The van der Waals surface area contributed by atoms with Crippen LogP contribution in [0.4, 0.5) is 0 Å². The molecule has 2 aromatic carbocycles. The van der Waals surface area contributed by atoms with Crippen LogP contribution < -0.4 is 0 Å². The first-order valence-corrected chi connectivity index (χ1v) is 9.93. The average molecular weight is 402 g/mol. The number of aryl methyl sites for hydroxylation is 1. The summed E-state index contributed by atoms with van der Waals surface area (Å²) in [5, 5.41) is 0.996. The maximum absolute atomic E-state index is 12.6. The van der Waals surface area contributed by atoms with Crippen molar-refractivity contribution < 1.29 is 4.79 Å². The van der Waals surface area contributed by atoms with Gasteiger partial charge in [0, 0.05) is 19.0 Å². The van der Waals surface area contributed by atoms with Gasteiger partial charge in [0.1, 0.15) is 5.82 Å². The number of benzene rings is 2. The average Bonchev–Trinajstić information content (AvgIpc) is 3.08. The number of rotatable bonds is 3. The molecular formula is C21H21Cl2N3O. The van der Waals surface area contributed by atoms with Gasteiger partial charge in [-0.1, -0.05) is 35.3 Å². The van der Waals surface area contributed by atoms with Crippen LogP contribution >= 0.6 is 23.2 Å². The van der Waals surface area contributed by atoms with Gasteiger partial charge in [0.25, 0.3) is 0 Å². The molecule has 1 aromatic heterocycles. The van der Waals surface area contributed by atoms with Gasteiger partial charge in [0.05, 0.1) is 27.5 Å². The van der Waals surface area contributed by atoms with Crippen molar-refractivity contribution in [2.75, 3.05) is 13.1 Å². The lowest BCUT2D eigenvalue weighted by Gasteiger charge is -2.31. The second kappa shape index (κ2) is 7.53. The van der Waals surface area contributed by atoms with Crippen LogP contribution in [0.5, 0.6) is 0 Å². The van der Waals surface area contributed by atoms with Crippen LogP contribution in [0, 0.1) is 6.92 Å². The van der Waals surface area contributed by atoms with Crippen LogP contribution in [-0.2, 0) is 11.2 Å². The Morgan fingerprint density at radius 1 is 1.15 bits per heavy atom. The summed E-state index contributed by atoms with van der Waals surface area (Å²) in [5.74, 6) is 1.53. The van der Waals surface area contributed by atoms with E-state index in [2.05, 4.69) is 30.1 Å².